The molecule has 0 spiro atoms. The van der Waals surface area contributed by atoms with Crippen LogP contribution in [-0.4, -0.2) is 38.4 Å². The molecule has 0 aromatic heterocycles. The number of ether oxygens (including phenoxy) is 3. The average molecular weight is 322 g/mol. The highest BCUT2D eigenvalue weighted by Crippen LogP contribution is 2.08. The highest BCUT2D eigenvalue weighted by atomic mass is 16.6. The van der Waals surface area contributed by atoms with E-state index < -0.39 is 5.97 Å². The molecule has 0 atom stereocenters. The van der Waals surface area contributed by atoms with Crippen molar-refractivity contribution in [1.82, 2.24) is 0 Å². The molecule has 5 heteroatoms. The Labute approximate surface area is 137 Å². The van der Waals surface area contributed by atoms with E-state index >= 15 is 0 Å². The lowest BCUT2D eigenvalue weighted by molar-refractivity contribution is 0.0334. The molecule has 23 heavy (non-hydrogen) atoms. The predicted octanol–water partition coefficient (Wildman–Crippen LogP) is 3.62. The first-order chi connectivity index (χ1) is 11.2. The van der Waals surface area contributed by atoms with Crippen molar-refractivity contribution in [3.8, 4) is 0 Å². The number of esters is 2. The minimum Gasteiger partial charge on any atom is -0.462 e. The molecule has 0 aliphatic heterocycles. The summed E-state index contributed by atoms with van der Waals surface area (Å²) in [6.07, 6.45) is 4.24. The van der Waals surface area contributed by atoms with Gasteiger partial charge in [0.15, 0.2) is 0 Å². The summed E-state index contributed by atoms with van der Waals surface area (Å²) in [6.45, 7) is 5.63. The van der Waals surface area contributed by atoms with Crippen molar-refractivity contribution in [2.75, 3.05) is 26.4 Å². The van der Waals surface area contributed by atoms with Crippen molar-refractivity contribution in [3.05, 3.63) is 35.4 Å². The summed E-state index contributed by atoms with van der Waals surface area (Å²) in [5.74, 6) is -0.790. The van der Waals surface area contributed by atoms with Gasteiger partial charge in [-0.25, -0.2) is 9.59 Å². The molecule has 0 amide bonds. The van der Waals surface area contributed by atoms with E-state index in [0.717, 1.165) is 25.7 Å². The summed E-state index contributed by atoms with van der Waals surface area (Å²) < 4.78 is 15.3. The Balaban J connectivity index is 2.36. The van der Waals surface area contributed by atoms with Crippen LogP contribution in [0.3, 0.4) is 0 Å². The molecule has 0 fully saturated rings. The summed E-state index contributed by atoms with van der Waals surface area (Å²) in [5.41, 5.74) is 0.840. The van der Waals surface area contributed by atoms with Crippen LogP contribution in [0, 0.1) is 0 Å². The Morgan fingerprint density at radius 2 is 1.35 bits per heavy atom. The smallest absolute Gasteiger partial charge is 0.338 e. The molecule has 0 heterocycles. The molecule has 0 unspecified atom stereocenters. The van der Waals surface area contributed by atoms with E-state index in [1.165, 1.54) is 0 Å². The lowest BCUT2D eigenvalue weighted by Gasteiger charge is -2.07. The normalized spacial score (nSPS) is 10.3. The molecule has 0 aliphatic carbocycles. The van der Waals surface area contributed by atoms with Crippen LogP contribution in [0.15, 0.2) is 24.3 Å². The van der Waals surface area contributed by atoms with Gasteiger partial charge in [0.1, 0.15) is 6.61 Å². The Morgan fingerprint density at radius 3 is 1.87 bits per heavy atom. The number of rotatable bonds is 11. The molecule has 0 saturated carbocycles. The van der Waals surface area contributed by atoms with E-state index in [1.54, 1.807) is 24.3 Å². The Kier molecular flexibility index (Phi) is 9.71. The fourth-order valence-corrected chi connectivity index (χ4v) is 1.94. The lowest BCUT2D eigenvalue weighted by atomic mass is 10.1. The summed E-state index contributed by atoms with van der Waals surface area (Å²) in [4.78, 5) is 23.6. The average Bonchev–Trinajstić information content (AvgIpc) is 2.58. The van der Waals surface area contributed by atoms with Gasteiger partial charge in [0.25, 0.3) is 0 Å². The van der Waals surface area contributed by atoms with Crippen LogP contribution in [0.25, 0.3) is 0 Å². The van der Waals surface area contributed by atoms with Crippen LogP contribution < -0.4 is 0 Å². The molecular weight excluding hydrogens is 296 g/mol. The van der Waals surface area contributed by atoms with Crippen molar-refractivity contribution in [1.29, 1.82) is 0 Å². The number of hydrogen-bond acceptors (Lipinski definition) is 5. The molecule has 0 bridgehead atoms. The Hall–Kier alpha value is -1.88. The Morgan fingerprint density at radius 1 is 0.783 bits per heavy atom. The first-order valence-electron chi connectivity index (χ1n) is 8.21. The summed E-state index contributed by atoms with van der Waals surface area (Å²) in [5, 5.41) is 0. The van der Waals surface area contributed by atoms with Gasteiger partial charge in [0.2, 0.25) is 0 Å². The second-order valence-corrected chi connectivity index (χ2v) is 5.11. The Bertz CT molecular complexity index is 467. The maximum absolute atomic E-state index is 11.8. The number of carbonyl (C=O) groups is 2. The maximum atomic E-state index is 11.8. The van der Waals surface area contributed by atoms with Crippen molar-refractivity contribution >= 4 is 11.9 Å². The fourth-order valence-electron chi connectivity index (χ4n) is 1.94. The quantitative estimate of drug-likeness (QED) is 0.460. The predicted molar refractivity (Wildman–Crippen MR) is 87.6 cm³/mol. The van der Waals surface area contributed by atoms with E-state index in [9.17, 15) is 9.59 Å². The minimum atomic E-state index is -0.427. The highest BCUT2D eigenvalue weighted by Gasteiger charge is 2.10. The van der Waals surface area contributed by atoms with Gasteiger partial charge in [-0.15, -0.1) is 0 Å². The number of hydrogen-bond donors (Lipinski definition) is 0. The van der Waals surface area contributed by atoms with Crippen molar-refractivity contribution in [3.63, 3.8) is 0 Å². The van der Waals surface area contributed by atoms with Crippen LogP contribution in [0.4, 0.5) is 0 Å². The molecule has 0 N–H and O–H groups in total. The first-order valence-corrected chi connectivity index (χ1v) is 8.21. The van der Waals surface area contributed by atoms with Gasteiger partial charge in [-0.3, -0.25) is 0 Å². The molecule has 1 aromatic carbocycles. The second kappa shape index (κ2) is 11.7. The van der Waals surface area contributed by atoms with E-state index in [4.69, 9.17) is 14.2 Å². The summed E-state index contributed by atoms with van der Waals surface area (Å²) >= 11 is 0. The zero-order chi connectivity index (χ0) is 16.9. The standard InChI is InChI=1S/C18H26O5/c1-3-5-6-7-12-22-17(19)15-8-10-16(11-9-15)18(20)23-14-13-21-4-2/h8-11H,3-7,12-14H2,1-2H3. The number of unbranched alkanes of at least 4 members (excludes halogenated alkanes) is 3. The SMILES string of the molecule is CCCCCCOC(=O)c1ccc(C(=O)OCCOCC)cc1. The monoisotopic (exact) mass is 322 g/mol. The van der Waals surface area contributed by atoms with Gasteiger partial charge in [0.05, 0.1) is 24.3 Å². The third-order valence-electron chi connectivity index (χ3n) is 3.25. The van der Waals surface area contributed by atoms with Crippen molar-refractivity contribution in [2.24, 2.45) is 0 Å². The van der Waals surface area contributed by atoms with Gasteiger partial charge < -0.3 is 14.2 Å². The lowest BCUT2D eigenvalue weighted by Crippen LogP contribution is -2.11. The summed E-state index contributed by atoms with van der Waals surface area (Å²) in [6, 6.07) is 6.29. The van der Waals surface area contributed by atoms with E-state index in [0.29, 0.717) is 30.9 Å². The third-order valence-corrected chi connectivity index (χ3v) is 3.25. The van der Waals surface area contributed by atoms with Crippen molar-refractivity contribution < 1.29 is 23.8 Å². The zero-order valence-electron chi connectivity index (χ0n) is 14.0. The molecule has 0 radical (unpaired) electrons. The van der Waals surface area contributed by atoms with Crippen LogP contribution in [0.1, 0.15) is 60.2 Å². The number of benzene rings is 1. The molecule has 1 rings (SSSR count). The molecule has 0 aliphatic rings. The third kappa shape index (κ3) is 7.79. The van der Waals surface area contributed by atoms with Gasteiger partial charge >= 0.3 is 11.9 Å². The van der Waals surface area contributed by atoms with Crippen LogP contribution in [0.2, 0.25) is 0 Å². The fraction of sp³-hybridized carbons (Fsp3) is 0.556. The zero-order valence-corrected chi connectivity index (χ0v) is 14.0. The van der Waals surface area contributed by atoms with Crippen LogP contribution in [-0.2, 0) is 14.2 Å². The first kappa shape index (κ1) is 19.2. The maximum Gasteiger partial charge on any atom is 0.338 e. The highest BCUT2D eigenvalue weighted by molar-refractivity contribution is 5.93. The molecule has 5 nitrogen and oxygen atoms in total. The summed E-state index contributed by atoms with van der Waals surface area (Å²) in [7, 11) is 0. The van der Waals surface area contributed by atoms with Crippen LogP contribution in [0.5, 0.6) is 0 Å². The van der Waals surface area contributed by atoms with E-state index in [-0.39, 0.29) is 12.6 Å². The minimum absolute atomic E-state index is 0.216. The van der Waals surface area contributed by atoms with Crippen LogP contribution >= 0.6 is 0 Å². The molecule has 128 valence electrons. The van der Waals surface area contributed by atoms with Gasteiger partial charge in [0, 0.05) is 6.61 Å². The molecule has 1 aromatic rings. The van der Waals surface area contributed by atoms with E-state index in [1.807, 2.05) is 6.92 Å². The topological polar surface area (TPSA) is 61.8 Å². The second-order valence-electron chi connectivity index (χ2n) is 5.11. The number of carbonyl (C=O) groups excluding carboxylic acids is 2. The van der Waals surface area contributed by atoms with Gasteiger partial charge in [-0.05, 0) is 37.6 Å². The van der Waals surface area contributed by atoms with Gasteiger partial charge in [-0.1, -0.05) is 26.2 Å². The van der Waals surface area contributed by atoms with E-state index in [2.05, 4.69) is 6.92 Å². The molecular formula is C18H26O5. The van der Waals surface area contributed by atoms with Crippen molar-refractivity contribution in [2.45, 2.75) is 39.5 Å². The van der Waals surface area contributed by atoms with Gasteiger partial charge in [-0.2, -0.15) is 0 Å². The molecule has 0 saturated heterocycles. The largest absolute Gasteiger partial charge is 0.462 e.